The van der Waals surface area contributed by atoms with Gasteiger partial charge in [-0.2, -0.15) is 4.99 Å². The van der Waals surface area contributed by atoms with Crippen molar-refractivity contribution in [3.05, 3.63) is 69.5 Å². The molecule has 0 fully saturated rings. The van der Waals surface area contributed by atoms with Crippen LogP contribution in [0.1, 0.15) is 28.1 Å². The SMILES string of the molecule is Cc1cccc(-n2c(C)cc(/C=C3/C(=N)N4C=CSC4=NC3=O)c2C)c1C. The van der Waals surface area contributed by atoms with Crippen LogP contribution in [0, 0.1) is 33.1 Å². The van der Waals surface area contributed by atoms with E-state index in [1.165, 1.54) is 22.9 Å². The first-order valence-corrected chi connectivity index (χ1v) is 9.58. The molecule has 0 radical (unpaired) electrons. The van der Waals surface area contributed by atoms with Crippen molar-refractivity contribution < 1.29 is 4.79 Å². The molecule has 0 spiro atoms. The molecule has 1 aromatic heterocycles. The molecule has 6 heteroatoms. The molecule has 3 heterocycles. The highest BCUT2D eigenvalue weighted by atomic mass is 32.2. The molecule has 4 rings (SSSR count). The zero-order valence-corrected chi connectivity index (χ0v) is 16.5. The van der Waals surface area contributed by atoms with Gasteiger partial charge in [0.2, 0.25) is 0 Å². The van der Waals surface area contributed by atoms with Gasteiger partial charge >= 0.3 is 0 Å². The first-order valence-electron chi connectivity index (χ1n) is 8.70. The molecule has 0 saturated carbocycles. The van der Waals surface area contributed by atoms with Crippen LogP contribution >= 0.6 is 11.8 Å². The zero-order valence-electron chi connectivity index (χ0n) is 15.7. The van der Waals surface area contributed by atoms with E-state index in [4.69, 9.17) is 5.41 Å². The van der Waals surface area contributed by atoms with E-state index in [-0.39, 0.29) is 11.7 Å². The molecule has 2 aliphatic heterocycles. The summed E-state index contributed by atoms with van der Waals surface area (Å²) < 4.78 is 2.20. The van der Waals surface area contributed by atoms with Gasteiger partial charge in [0.05, 0.1) is 5.57 Å². The minimum Gasteiger partial charge on any atom is -0.318 e. The summed E-state index contributed by atoms with van der Waals surface area (Å²) in [4.78, 5) is 18.2. The number of amidine groups is 2. The van der Waals surface area contributed by atoms with Gasteiger partial charge in [-0.15, -0.1) is 0 Å². The van der Waals surface area contributed by atoms with Gasteiger partial charge in [0.1, 0.15) is 5.84 Å². The number of amides is 1. The average molecular weight is 376 g/mol. The number of nitrogens with one attached hydrogen (secondary N) is 1. The zero-order chi connectivity index (χ0) is 19.3. The second-order valence-electron chi connectivity index (χ2n) is 6.76. The highest BCUT2D eigenvalue weighted by molar-refractivity contribution is 8.16. The molecule has 2 aromatic rings. The van der Waals surface area contributed by atoms with Crippen LogP contribution in [0.5, 0.6) is 0 Å². The minimum atomic E-state index is -0.362. The van der Waals surface area contributed by atoms with E-state index in [1.807, 2.05) is 12.3 Å². The van der Waals surface area contributed by atoms with E-state index in [2.05, 4.69) is 54.6 Å². The number of aliphatic imine (C=N–C) groups is 1. The lowest BCUT2D eigenvalue weighted by Gasteiger charge is -2.22. The van der Waals surface area contributed by atoms with E-state index >= 15 is 0 Å². The van der Waals surface area contributed by atoms with Crippen molar-refractivity contribution in [2.45, 2.75) is 27.7 Å². The quantitative estimate of drug-likeness (QED) is 0.786. The number of carbonyl (C=O) groups excluding carboxylic acids is 1. The van der Waals surface area contributed by atoms with E-state index in [0.29, 0.717) is 10.7 Å². The molecule has 1 N–H and O–H groups in total. The van der Waals surface area contributed by atoms with E-state index in [1.54, 1.807) is 17.2 Å². The fourth-order valence-electron chi connectivity index (χ4n) is 3.47. The number of hydrogen-bond acceptors (Lipinski definition) is 3. The summed E-state index contributed by atoms with van der Waals surface area (Å²) in [5.41, 5.74) is 6.97. The van der Waals surface area contributed by atoms with Crippen LogP contribution in [0.15, 0.2) is 46.4 Å². The van der Waals surface area contributed by atoms with Crippen molar-refractivity contribution >= 4 is 34.7 Å². The van der Waals surface area contributed by atoms with Crippen LogP contribution in [-0.2, 0) is 4.79 Å². The lowest BCUT2D eigenvalue weighted by atomic mass is 10.1. The lowest BCUT2D eigenvalue weighted by molar-refractivity contribution is -0.114. The van der Waals surface area contributed by atoms with Crippen LogP contribution in [0.4, 0.5) is 0 Å². The third-order valence-corrected chi connectivity index (χ3v) is 5.86. The van der Waals surface area contributed by atoms with Crippen LogP contribution in [-0.4, -0.2) is 26.4 Å². The summed E-state index contributed by atoms with van der Waals surface area (Å²) >= 11 is 1.35. The van der Waals surface area contributed by atoms with E-state index < -0.39 is 0 Å². The molecule has 1 aromatic carbocycles. The molecule has 27 heavy (non-hydrogen) atoms. The Bertz CT molecular complexity index is 1090. The molecule has 136 valence electrons. The van der Waals surface area contributed by atoms with Gasteiger partial charge in [-0.05, 0) is 68.0 Å². The lowest BCUT2D eigenvalue weighted by Crippen LogP contribution is -2.35. The Balaban J connectivity index is 1.82. The van der Waals surface area contributed by atoms with Crippen molar-refractivity contribution in [1.82, 2.24) is 9.47 Å². The smallest absolute Gasteiger partial charge is 0.283 e. The molecular formula is C21H20N4OS. The Morgan fingerprint density at radius 1 is 1.19 bits per heavy atom. The third-order valence-electron chi connectivity index (χ3n) is 5.10. The van der Waals surface area contributed by atoms with Gasteiger partial charge in [0.25, 0.3) is 5.91 Å². The predicted octanol–water partition coefficient (Wildman–Crippen LogP) is 4.49. The Hall–Kier alpha value is -2.86. The summed E-state index contributed by atoms with van der Waals surface area (Å²) in [6.45, 7) is 8.32. The Kier molecular flexibility index (Phi) is 4.15. The number of rotatable bonds is 2. The summed E-state index contributed by atoms with van der Waals surface area (Å²) in [6.07, 6.45) is 3.55. The minimum absolute atomic E-state index is 0.169. The second kappa shape index (κ2) is 6.39. The Morgan fingerprint density at radius 2 is 1.96 bits per heavy atom. The largest absolute Gasteiger partial charge is 0.318 e. The van der Waals surface area contributed by atoms with Gasteiger partial charge in [0, 0.05) is 23.3 Å². The first-order chi connectivity index (χ1) is 12.9. The van der Waals surface area contributed by atoms with Crippen molar-refractivity contribution in [1.29, 1.82) is 5.41 Å². The summed E-state index contributed by atoms with van der Waals surface area (Å²) in [5, 5.41) is 10.8. The first kappa shape index (κ1) is 17.5. The maximum atomic E-state index is 12.5. The maximum Gasteiger partial charge on any atom is 0.283 e. The molecule has 0 unspecified atom stereocenters. The summed E-state index contributed by atoms with van der Waals surface area (Å²) in [7, 11) is 0. The van der Waals surface area contributed by atoms with Gasteiger partial charge in [-0.25, -0.2) is 0 Å². The molecule has 2 aliphatic rings. The second-order valence-corrected chi connectivity index (χ2v) is 7.63. The third kappa shape index (κ3) is 2.77. The fourth-order valence-corrected chi connectivity index (χ4v) is 4.17. The monoisotopic (exact) mass is 376 g/mol. The molecule has 5 nitrogen and oxygen atoms in total. The number of nitrogens with zero attached hydrogens (tertiary/aromatic N) is 3. The van der Waals surface area contributed by atoms with Crippen molar-refractivity contribution in [3.8, 4) is 5.69 Å². The van der Waals surface area contributed by atoms with Gasteiger partial charge in [-0.3, -0.25) is 15.1 Å². The topological polar surface area (TPSA) is 61.5 Å². The van der Waals surface area contributed by atoms with Gasteiger partial charge in [0.15, 0.2) is 5.17 Å². The normalized spacial score (nSPS) is 17.7. The number of aryl methyl sites for hydroxylation is 2. The highest BCUT2D eigenvalue weighted by Crippen LogP contribution is 2.30. The van der Waals surface area contributed by atoms with Crippen molar-refractivity contribution in [2.75, 3.05) is 0 Å². The standard InChI is InChI=1S/C21H20N4OS/c1-12-6-5-7-18(14(12)3)25-13(2)10-16(15(25)4)11-17-19(22)24-8-9-27-21(24)23-20(17)26/h5-11,22H,1-4H3/b17-11-,22-19?. The van der Waals surface area contributed by atoms with Crippen LogP contribution in [0.3, 0.4) is 0 Å². The fraction of sp³-hybridized carbons (Fsp3) is 0.190. The molecule has 0 atom stereocenters. The Morgan fingerprint density at radius 3 is 2.74 bits per heavy atom. The number of carbonyl (C=O) groups is 1. The summed E-state index contributed by atoms with van der Waals surface area (Å²) in [6, 6.07) is 8.33. The molecule has 0 saturated heterocycles. The molecular weight excluding hydrogens is 356 g/mol. The number of benzene rings is 1. The van der Waals surface area contributed by atoms with Crippen LogP contribution < -0.4 is 0 Å². The number of thioether (sulfide) groups is 1. The molecule has 0 bridgehead atoms. The number of hydrogen-bond donors (Lipinski definition) is 1. The van der Waals surface area contributed by atoms with Crippen LogP contribution in [0.2, 0.25) is 0 Å². The van der Waals surface area contributed by atoms with Gasteiger partial charge in [-0.1, -0.05) is 23.9 Å². The Labute approximate surface area is 162 Å². The predicted molar refractivity (Wildman–Crippen MR) is 111 cm³/mol. The number of aromatic nitrogens is 1. The molecule has 0 aliphatic carbocycles. The molecule has 1 amide bonds. The van der Waals surface area contributed by atoms with E-state index in [9.17, 15) is 4.79 Å². The van der Waals surface area contributed by atoms with E-state index in [0.717, 1.165) is 22.6 Å². The van der Waals surface area contributed by atoms with Crippen LogP contribution in [0.25, 0.3) is 11.8 Å². The average Bonchev–Trinajstić information content (AvgIpc) is 3.19. The highest BCUT2D eigenvalue weighted by Gasteiger charge is 2.31. The number of fused-ring (bicyclic) bond motifs is 1. The van der Waals surface area contributed by atoms with Gasteiger partial charge < -0.3 is 4.57 Å². The maximum absolute atomic E-state index is 12.5. The summed E-state index contributed by atoms with van der Waals surface area (Å²) in [5.74, 6) is -0.193. The van der Waals surface area contributed by atoms with Crippen molar-refractivity contribution in [3.63, 3.8) is 0 Å². The van der Waals surface area contributed by atoms with Crippen molar-refractivity contribution in [2.24, 2.45) is 4.99 Å².